The Bertz CT molecular complexity index is 417. The van der Waals surface area contributed by atoms with Crippen molar-refractivity contribution in [3.8, 4) is 0 Å². The van der Waals surface area contributed by atoms with Gasteiger partial charge in [-0.15, -0.1) is 11.6 Å². The van der Waals surface area contributed by atoms with Gasteiger partial charge in [0.25, 0.3) is 5.43 Å². The third kappa shape index (κ3) is 3.03. The topological polar surface area (TPSA) is 85.4 Å². The average Bonchev–Trinajstić information content (AvgIpc) is 2.20. The number of nitrogens with zero attached hydrogens (tertiary/aromatic N) is 2. The number of rotatable bonds is 4. The van der Waals surface area contributed by atoms with Crippen LogP contribution in [0.25, 0.3) is 0 Å². The Morgan fingerprint density at radius 1 is 1.67 bits per heavy atom. The predicted molar refractivity (Wildman–Crippen MR) is 54.1 cm³/mol. The maximum absolute atomic E-state index is 11.0. The van der Waals surface area contributed by atoms with E-state index in [-0.39, 0.29) is 12.4 Å². The van der Waals surface area contributed by atoms with Crippen LogP contribution in [0.5, 0.6) is 0 Å². The van der Waals surface area contributed by atoms with E-state index in [1.807, 2.05) is 0 Å². The summed E-state index contributed by atoms with van der Waals surface area (Å²) in [6.07, 6.45) is 1.65. The lowest BCUT2D eigenvalue weighted by Crippen LogP contribution is -2.19. The van der Waals surface area contributed by atoms with Gasteiger partial charge < -0.3 is 9.67 Å². The van der Waals surface area contributed by atoms with Crippen LogP contribution in [-0.4, -0.2) is 26.6 Å². The molecule has 0 aliphatic rings. The molecule has 1 unspecified atom stereocenters. The zero-order chi connectivity index (χ0) is 11.4. The van der Waals surface area contributed by atoms with Crippen LogP contribution in [0.4, 0.5) is 5.69 Å². The van der Waals surface area contributed by atoms with Crippen LogP contribution in [0.2, 0.25) is 0 Å². The maximum atomic E-state index is 11.0. The first-order chi connectivity index (χ1) is 7.04. The highest BCUT2D eigenvalue weighted by molar-refractivity contribution is 6.18. The highest BCUT2D eigenvalue weighted by Crippen LogP contribution is 2.03. The van der Waals surface area contributed by atoms with Gasteiger partial charge in [0, 0.05) is 18.8 Å². The van der Waals surface area contributed by atoms with Gasteiger partial charge in [-0.25, -0.2) is 0 Å². The van der Waals surface area contributed by atoms with Crippen LogP contribution >= 0.6 is 11.6 Å². The van der Waals surface area contributed by atoms with Crippen LogP contribution in [0.1, 0.15) is 0 Å². The van der Waals surface area contributed by atoms with Crippen molar-refractivity contribution in [2.45, 2.75) is 12.6 Å². The van der Waals surface area contributed by atoms with Gasteiger partial charge in [0.15, 0.2) is 0 Å². The first-order valence-corrected chi connectivity index (χ1v) is 4.66. The molecule has 1 N–H and O–H groups in total. The van der Waals surface area contributed by atoms with Crippen molar-refractivity contribution in [1.29, 1.82) is 0 Å². The Balaban J connectivity index is 2.98. The Labute approximate surface area is 89.9 Å². The SMILES string of the molecule is O=c1ccn(CC(O)CCl)cc1[N+](=O)[O-]. The second kappa shape index (κ2) is 4.90. The number of aliphatic hydroxyl groups is 1. The van der Waals surface area contributed by atoms with Gasteiger partial charge >= 0.3 is 5.69 Å². The second-order valence-corrected chi connectivity index (χ2v) is 3.26. The summed E-state index contributed by atoms with van der Waals surface area (Å²) in [6, 6.07) is 1.08. The Morgan fingerprint density at radius 2 is 2.33 bits per heavy atom. The Hall–Kier alpha value is -1.40. The molecule has 0 spiro atoms. The van der Waals surface area contributed by atoms with Gasteiger partial charge in [-0.05, 0) is 0 Å². The molecule has 0 radical (unpaired) electrons. The third-order valence-electron chi connectivity index (χ3n) is 1.75. The summed E-state index contributed by atoms with van der Waals surface area (Å²) in [5, 5.41) is 19.6. The van der Waals surface area contributed by atoms with Crippen LogP contribution in [-0.2, 0) is 6.54 Å². The molecule has 1 atom stereocenters. The largest absolute Gasteiger partial charge is 0.390 e. The van der Waals surface area contributed by atoms with Gasteiger partial charge in [-0.2, -0.15) is 0 Å². The van der Waals surface area contributed by atoms with Crippen molar-refractivity contribution in [3.05, 3.63) is 38.8 Å². The second-order valence-electron chi connectivity index (χ2n) is 2.96. The predicted octanol–water partition coefficient (Wildman–Crippen LogP) is 0.356. The Morgan fingerprint density at radius 3 is 2.87 bits per heavy atom. The fourth-order valence-electron chi connectivity index (χ4n) is 1.06. The quantitative estimate of drug-likeness (QED) is 0.461. The number of halogens is 1. The van der Waals surface area contributed by atoms with Gasteiger partial charge in [-0.1, -0.05) is 0 Å². The lowest BCUT2D eigenvalue weighted by atomic mass is 10.3. The molecule has 82 valence electrons. The molecule has 0 aliphatic carbocycles. The average molecular weight is 233 g/mol. The molecule has 0 aliphatic heterocycles. The van der Waals surface area contributed by atoms with E-state index in [9.17, 15) is 20.0 Å². The molecule has 0 saturated heterocycles. The summed E-state index contributed by atoms with van der Waals surface area (Å²) in [5.41, 5.74) is -1.17. The summed E-state index contributed by atoms with van der Waals surface area (Å²) in [4.78, 5) is 20.7. The smallest absolute Gasteiger partial charge is 0.332 e. The molecule has 7 heteroatoms. The number of hydrogen-bond donors (Lipinski definition) is 1. The number of nitro groups is 1. The molecule has 0 bridgehead atoms. The van der Waals surface area contributed by atoms with Crippen LogP contribution in [0.15, 0.2) is 23.3 Å². The van der Waals surface area contributed by atoms with Gasteiger partial charge in [-0.3, -0.25) is 14.9 Å². The van der Waals surface area contributed by atoms with Crippen molar-refractivity contribution in [1.82, 2.24) is 4.57 Å². The molecule has 0 aromatic carbocycles. The van der Waals surface area contributed by atoms with E-state index in [1.165, 1.54) is 10.8 Å². The minimum atomic E-state index is -0.797. The van der Waals surface area contributed by atoms with Crippen LogP contribution < -0.4 is 5.43 Å². The van der Waals surface area contributed by atoms with E-state index in [0.29, 0.717) is 0 Å². The zero-order valence-corrected chi connectivity index (χ0v) is 8.42. The van der Waals surface area contributed by atoms with E-state index in [1.54, 1.807) is 0 Å². The molecule has 1 heterocycles. The molecule has 1 rings (SSSR count). The van der Waals surface area contributed by atoms with E-state index in [4.69, 9.17) is 11.6 Å². The Kier molecular flexibility index (Phi) is 3.81. The molecular formula is C8H9ClN2O4. The molecule has 15 heavy (non-hydrogen) atoms. The normalized spacial score (nSPS) is 12.4. The maximum Gasteiger partial charge on any atom is 0.332 e. The summed E-state index contributed by atoms with van der Waals surface area (Å²) >= 11 is 5.38. The zero-order valence-electron chi connectivity index (χ0n) is 7.67. The molecule has 6 nitrogen and oxygen atoms in total. The number of alkyl halides is 1. The summed E-state index contributed by atoms with van der Waals surface area (Å²) in [7, 11) is 0. The monoisotopic (exact) mass is 232 g/mol. The van der Waals surface area contributed by atoms with E-state index in [0.717, 1.165) is 12.3 Å². The fourth-order valence-corrected chi connectivity index (χ4v) is 1.15. The van der Waals surface area contributed by atoms with Crippen molar-refractivity contribution in [2.24, 2.45) is 0 Å². The van der Waals surface area contributed by atoms with Gasteiger partial charge in [0.2, 0.25) is 0 Å². The molecular weight excluding hydrogens is 224 g/mol. The minimum absolute atomic E-state index is 0.0277. The number of pyridine rings is 1. The number of aliphatic hydroxyl groups excluding tert-OH is 1. The van der Waals surface area contributed by atoms with E-state index < -0.39 is 22.1 Å². The van der Waals surface area contributed by atoms with Crippen molar-refractivity contribution >= 4 is 17.3 Å². The molecule has 0 amide bonds. The molecule has 0 saturated carbocycles. The standard InChI is InChI=1S/C8H9ClN2O4/c9-3-6(12)4-10-2-1-8(13)7(5-10)11(14)15/h1-2,5-6,12H,3-4H2. The van der Waals surface area contributed by atoms with Crippen molar-refractivity contribution in [3.63, 3.8) is 0 Å². The molecule has 1 aromatic heterocycles. The van der Waals surface area contributed by atoms with Gasteiger partial charge in [0.1, 0.15) is 0 Å². The van der Waals surface area contributed by atoms with Crippen molar-refractivity contribution in [2.75, 3.05) is 5.88 Å². The lowest BCUT2D eigenvalue weighted by Gasteiger charge is -2.09. The van der Waals surface area contributed by atoms with Crippen LogP contribution in [0, 0.1) is 10.1 Å². The fraction of sp³-hybridized carbons (Fsp3) is 0.375. The first-order valence-electron chi connectivity index (χ1n) is 4.13. The summed E-state index contributed by atoms with van der Waals surface area (Å²) in [5.74, 6) is 0.0277. The van der Waals surface area contributed by atoms with Crippen LogP contribution in [0.3, 0.4) is 0 Å². The highest BCUT2D eigenvalue weighted by Gasteiger charge is 2.12. The van der Waals surface area contributed by atoms with Gasteiger partial charge in [0.05, 0.1) is 23.1 Å². The minimum Gasteiger partial charge on any atom is -0.390 e. The van der Waals surface area contributed by atoms with E-state index >= 15 is 0 Å². The summed E-state index contributed by atoms with van der Waals surface area (Å²) < 4.78 is 1.35. The molecule has 1 aromatic rings. The summed E-state index contributed by atoms with van der Waals surface area (Å²) in [6.45, 7) is 0.116. The molecule has 0 fully saturated rings. The third-order valence-corrected chi connectivity index (χ3v) is 2.11. The lowest BCUT2D eigenvalue weighted by molar-refractivity contribution is -0.386. The van der Waals surface area contributed by atoms with Crippen molar-refractivity contribution < 1.29 is 10.0 Å². The highest BCUT2D eigenvalue weighted by atomic mass is 35.5. The van der Waals surface area contributed by atoms with E-state index in [2.05, 4.69) is 0 Å². The number of hydrogen-bond acceptors (Lipinski definition) is 4. The number of aromatic nitrogens is 1. The first kappa shape index (κ1) is 11.7.